The van der Waals surface area contributed by atoms with E-state index in [0.717, 1.165) is 16.9 Å². The Bertz CT molecular complexity index is 718. The lowest BCUT2D eigenvalue weighted by Gasteiger charge is -2.11. The van der Waals surface area contributed by atoms with Crippen LogP contribution in [0.15, 0.2) is 61.1 Å². The zero-order valence-corrected chi connectivity index (χ0v) is 12.2. The minimum absolute atomic E-state index is 0.288. The summed E-state index contributed by atoms with van der Waals surface area (Å²) in [5, 5.41) is 7.66. The maximum Gasteiger partial charge on any atom is 0.153 e. The third kappa shape index (κ3) is 2.85. The number of rotatable bonds is 4. The molecule has 4 heteroatoms. The summed E-state index contributed by atoms with van der Waals surface area (Å²) in [6, 6.07) is 14.6. The monoisotopic (exact) mass is 278 g/mol. The van der Waals surface area contributed by atoms with Gasteiger partial charge in [0.25, 0.3) is 0 Å². The van der Waals surface area contributed by atoms with Crippen molar-refractivity contribution in [2.75, 3.05) is 7.05 Å². The fourth-order valence-electron chi connectivity index (χ4n) is 2.22. The Morgan fingerprint density at radius 3 is 2.67 bits per heavy atom. The first-order valence-corrected chi connectivity index (χ1v) is 7.01. The highest BCUT2D eigenvalue weighted by molar-refractivity contribution is 5.61. The van der Waals surface area contributed by atoms with E-state index in [1.54, 1.807) is 0 Å². The van der Waals surface area contributed by atoms with Crippen LogP contribution in [-0.2, 0) is 0 Å². The molecule has 0 bridgehead atoms. The Hall–Kier alpha value is -2.46. The van der Waals surface area contributed by atoms with Crippen LogP contribution in [0.2, 0.25) is 0 Å². The van der Waals surface area contributed by atoms with Crippen LogP contribution in [-0.4, -0.2) is 21.8 Å². The summed E-state index contributed by atoms with van der Waals surface area (Å²) in [5.41, 5.74) is 3.44. The van der Waals surface area contributed by atoms with Gasteiger partial charge in [-0.3, -0.25) is 0 Å². The lowest BCUT2D eigenvalue weighted by atomic mass is 10.1. The van der Waals surface area contributed by atoms with Crippen LogP contribution >= 0.6 is 0 Å². The molecule has 0 spiro atoms. The molecule has 0 saturated heterocycles. The maximum atomic E-state index is 4.42. The minimum atomic E-state index is 0.288. The van der Waals surface area contributed by atoms with Crippen molar-refractivity contribution in [2.45, 2.75) is 13.0 Å². The van der Waals surface area contributed by atoms with Gasteiger partial charge in [0.2, 0.25) is 0 Å². The number of hydrogen-bond donors (Lipinski definition) is 1. The van der Waals surface area contributed by atoms with Crippen LogP contribution < -0.4 is 5.32 Å². The van der Waals surface area contributed by atoms with Crippen LogP contribution in [0.25, 0.3) is 16.9 Å². The van der Waals surface area contributed by atoms with Crippen LogP contribution in [0.3, 0.4) is 0 Å². The molecule has 0 saturated carbocycles. The Balaban J connectivity index is 1.93. The van der Waals surface area contributed by atoms with Crippen molar-refractivity contribution in [3.63, 3.8) is 0 Å². The van der Waals surface area contributed by atoms with Crippen molar-refractivity contribution in [3.8, 4) is 16.9 Å². The Labute approximate surface area is 124 Å². The van der Waals surface area contributed by atoms with Gasteiger partial charge in [-0.05, 0) is 37.2 Å². The molecule has 2 heterocycles. The second kappa shape index (κ2) is 5.89. The van der Waals surface area contributed by atoms with Gasteiger partial charge in [-0.1, -0.05) is 30.3 Å². The fourth-order valence-corrected chi connectivity index (χ4v) is 2.22. The Morgan fingerprint density at radius 2 is 1.90 bits per heavy atom. The number of aromatic nitrogens is 3. The molecule has 0 aliphatic heterocycles. The SMILES string of the molecule is CNC(C)c1ccnc(-n2cc(-c3ccccc3)cn2)c1. The zero-order valence-electron chi connectivity index (χ0n) is 12.2. The number of pyridine rings is 1. The summed E-state index contributed by atoms with van der Waals surface area (Å²) in [7, 11) is 1.95. The van der Waals surface area contributed by atoms with Gasteiger partial charge in [0.05, 0.1) is 6.20 Å². The molecule has 0 aliphatic rings. The molecule has 3 aromatic rings. The highest BCUT2D eigenvalue weighted by atomic mass is 15.3. The number of nitrogens with one attached hydrogen (secondary N) is 1. The first kappa shape index (κ1) is 13.5. The van der Waals surface area contributed by atoms with E-state index < -0.39 is 0 Å². The van der Waals surface area contributed by atoms with Gasteiger partial charge >= 0.3 is 0 Å². The molecule has 4 nitrogen and oxygen atoms in total. The number of hydrogen-bond acceptors (Lipinski definition) is 3. The first-order chi connectivity index (χ1) is 10.3. The first-order valence-electron chi connectivity index (χ1n) is 7.01. The van der Waals surface area contributed by atoms with Crippen molar-refractivity contribution in [1.82, 2.24) is 20.1 Å². The van der Waals surface area contributed by atoms with Gasteiger partial charge in [-0.25, -0.2) is 9.67 Å². The third-order valence-electron chi connectivity index (χ3n) is 3.63. The number of nitrogens with zero attached hydrogens (tertiary/aromatic N) is 3. The molecule has 0 radical (unpaired) electrons. The zero-order chi connectivity index (χ0) is 14.7. The second-order valence-electron chi connectivity index (χ2n) is 5.00. The van der Waals surface area contributed by atoms with E-state index in [4.69, 9.17) is 0 Å². The van der Waals surface area contributed by atoms with E-state index >= 15 is 0 Å². The molecule has 21 heavy (non-hydrogen) atoms. The molecular formula is C17H18N4. The lowest BCUT2D eigenvalue weighted by Crippen LogP contribution is -2.13. The van der Waals surface area contributed by atoms with Crippen LogP contribution in [0.4, 0.5) is 0 Å². The van der Waals surface area contributed by atoms with Gasteiger partial charge in [0.1, 0.15) is 0 Å². The molecule has 1 aromatic carbocycles. The van der Waals surface area contributed by atoms with Gasteiger partial charge < -0.3 is 5.32 Å². The van der Waals surface area contributed by atoms with Gasteiger partial charge in [-0.2, -0.15) is 5.10 Å². The molecule has 1 unspecified atom stereocenters. The summed E-state index contributed by atoms with van der Waals surface area (Å²) < 4.78 is 1.81. The molecule has 106 valence electrons. The van der Waals surface area contributed by atoms with Crippen molar-refractivity contribution in [2.24, 2.45) is 0 Å². The molecule has 1 atom stereocenters. The molecular weight excluding hydrogens is 260 g/mol. The number of benzene rings is 1. The summed E-state index contributed by atoms with van der Waals surface area (Å²) in [4.78, 5) is 4.41. The average molecular weight is 278 g/mol. The Morgan fingerprint density at radius 1 is 1.10 bits per heavy atom. The van der Waals surface area contributed by atoms with Crippen LogP contribution in [0.5, 0.6) is 0 Å². The predicted molar refractivity (Wildman–Crippen MR) is 84.3 cm³/mol. The van der Waals surface area contributed by atoms with Gasteiger partial charge in [-0.15, -0.1) is 0 Å². The van der Waals surface area contributed by atoms with Crippen molar-refractivity contribution < 1.29 is 0 Å². The largest absolute Gasteiger partial charge is 0.313 e. The molecule has 3 rings (SSSR count). The maximum absolute atomic E-state index is 4.42. The van der Waals surface area contributed by atoms with E-state index in [1.807, 2.05) is 54.6 Å². The second-order valence-corrected chi connectivity index (χ2v) is 5.00. The fraction of sp³-hybridized carbons (Fsp3) is 0.176. The summed E-state index contributed by atoms with van der Waals surface area (Å²) in [6.07, 6.45) is 5.69. The molecule has 0 fully saturated rings. The van der Waals surface area contributed by atoms with E-state index in [1.165, 1.54) is 5.56 Å². The molecule has 2 aromatic heterocycles. The van der Waals surface area contributed by atoms with Crippen LogP contribution in [0, 0.1) is 0 Å². The van der Waals surface area contributed by atoms with E-state index in [9.17, 15) is 0 Å². The van der Waals surface area contributed by atoms with Gasteiger partial charge in [0.15, 0.2) is 5.82 Å². The highest BCUT2D eigenvalue weighted by Gasteiger charge is 2.07. The topological polar surface area (TPSA) is 42.7 Å². The summed E-state index contributed by atoms with van der Waals surface area (Å²) >= 11 is 0. The quantitative estimate of drug-likeness (QED) is 0.797. The Kier molecular flexibility index (Phi) is 3.79. The van der Waals surface area contributed by atoms with E-state index in [2.05, 4.69) is 40.5 Å². The third-order valence-corrected chi connectivity index (χ3v) is 3.63. The summed E-state index contributed by atoms with van der Waals surface area (Å²) in [6.45, 7) is 2.12. The standard InChI is InChI=1S/C17H18N4/c1-13(18-2)15-8-9-19-17(10-15)21-12-16(11-20-21)14-6-4-3-5-7-14/h3-13,18H,1-2H3. The molecule has 0 aliphatic carbocycles. The van der Waals surface area contributed by atoms with Gasteiger partial charge in [0, 0.05) is 24.0 Å². The molecule has 0 amide bonds. The highest BCUT2D eigenvalue weighted by Crippen LogP contribution is 2.20. The predicted octanol–water partition coefficient (Wildman–Crippen LogP) is 3.21. The summed E-state index contributed by atoms with van der Waals surface area (Å²) in [5.74, 6) is 0.830. The average Bonchev–Trinajstić information content (AvgIpc) is 3.05. The lowest BCUT2D eigenvalue weighted by molar-refractivity contribution is 0.649. The van der Waals surface area contributed by atoms with E-state index in [-0.39, 0.29) is 6.04 Å². The molecule has 1 N–H and O–H groups in total. The van der Waals surface area contributed by atoms with Crippen molar-refractivity contribution >= 4 is 0 Å². The van der Waals surface area contributed by atoms with Crippen molar-refractivity contribution in [3.05, 3.63) is 66.6 Å². The van der Waals surface area contributed by atoms with Crippen LogP contribution in [0.1, 0.15) is 18.5 Å². The van der Waals surface area contributed by atoms with E-state index in [0.29, 0.717) is 0 Å². The smallest absolute Gasteiger partial charge is 0.153 e. The normalized spacial score (nSPS) is 12.3. The minimum Gasteiger partial charge on any atom is -0.313 e. The van der Waals surface area contributed by atoms with Crippen molar-refractivity contribution in [1.29, 1.82) is 0 Å².